The number of anilines is 1. The number of amides is 3. The first-order valence-electron chi connectivity index (χ1n) is 10.2. The minimum absolute atomic E-state index is 0.00828. The van der Waals surface area contributed by atoms with Crippen LogP contribution in [0.25, 0.3) is 0 Å². The summed E-state index contributed by atoms with van der Waals surface area (Å²) in [7, 11) is 0. The van der Waals surface area contributed by atoms with Gasteiger partial charge in [0.2, 0.25) is 11.8 Å². The zero-order chi connectivity index (χ0) is 21.4. The van der Waals surface area contributed by atoms with Crippen LogP contribution >= 0.6 is 0 Å². The summed E-state index contributed by atoms with van der Waals surface area (Å²) in [5, 5.41) is 0. The number of allylic oxidation sites excluding steroid dienone is 2. The highest BCUT2D eigenvalue weighted by molar-refractivity contribution is 6.07. The van der Waals surface area contributed by atoms with Crippen LogP contribution in [0, 0.1) is 35.5 Å². The Bertz CT molecular complexity index is 919. The molecule has 4 aliphatic carbocycles. The minimum atomic E-state index is -5.12. The molecule has 5 nitrogen and oxygen atoms in total. The number of benzene rings is 1. The molecular formula is C22H21F3N2O3. The maximum absolute atomic E-state index is 13.3. The summed E-state index contributed by atoms with van der Waals surface area (Å²) < 4.78 is 39.9. The number of likely N-dealkylation sites (tertiary alicyclic amines) is 1. The highest BCUT2D eigenvalue weighted by atomic mass is 19.4. The fourth-order valence-electron chi connectivity index (χ4n) is 5.63. The van der Waals surface area contributed by atoms with Crippen LogP contribution in [-0.4, -0.2) is 35.5 Å². The van der Waals surface area contributed by atoms with Crippen molar-refractivity contribution in [2.45, 2.75) is 25.9 Å². The third-order valence-electron chi connectivity index (χ3n) is 7.18. The van der Waals surface area contributed by atoms with E-state index >= 15 is 0 Å². The minimum Gasteiger partial charge on any atom is -0.286 e. The first kappa shape index (κ1) is 19.3. The summed E-state index contributed by atoms with van der Waals surface area (Å²) in [4.78, 5) is 39.7. The van der Waals surface area contributed by atoms with Gasteiger partial charge in [0.25, 0.3) is 0 Å². The zero-order valence-corrected chi connectivity index (χ0v) is 16.3. The van der Waals surface area contributed by atoms with Crippen LogP contribution in [0.3, 0.4) is 0 Å². The summed E-state index contributed by atoms with van der Waals surface area (Å²) in [6, 6.07) is 6.11. The number of aryl methyl sites for hydroxylation is 1. The van der Waals surface area contributed by atoms with Crippen LogP contribution in [0.1, 0.15) is 18.9 Å². The van der Waals surface area contributed by atoms with Gasteiger partial charge < -0.3 is 0 Å². The number of halogens is 3. The molecule has 6 rings (SSSR count). The summed E-state index contributed by atoms with van der Waals surface area (Å²) in [5.74, 6) is -3.29. The van der Waals surface area contributed by atoms with E-state index in [0.717, 1.165) is 16.9 Å². The van der Waals surface area contributed by atoms with E-state index in [2.05, 4.69) is 0 Å². The van der Waals surface area contributed by atoms with E-state index < -0.39 is 42.4 Å². The molecule has 0 N–H and O–H groups in total. The monoisotopic (exact) mass is 418 g/mol. The van der Waals surface area contributed by atoms with E-state index in [1.807, 2.05) is 19.1 Å². The van der Waals surface area contributed by atoms with Gasteiger partial charge in [-0.1, -0.05) is 31.2 Å². The molecule has 1 saturated heterocycles. The van der Waals surface area contributed by atoms with Gasteiger partial charge in [-0.25, -0.2) is 0 Å². The largest absolute Gasteiger partial charge is 0.471 e. The predicted octanol–water partition coefficient (Wildman–Crippen LogP) is 3.15. The molecule has 5 aliphatic rings. The quantitative estimate of drug-likeness (QED) is 0.558. The Morgan fingerprint density at radius 3 is 2.03 bits per heavy atom. The molecular weight excluding hydrogens is 397 g/mol. The lowest BCUT2D eigenvalue weighted by Gasteiger charge is -2.37. The van der Waals surface area contributed by atoms with Crippen molar-refractivity contribution in [1.29, 1.82) is 0 Å². The first-order chi connectivity index (χ1) is 14.2. The summed E-state index contributed by atoms with van der Waals surface area (Å²) in [5.41, 5.74) is 0.910. The molecule has 2 saturated carbocycles. The molecule has 158 valence electrons. The highest BCUT2D eigenvalue weighted by Gasteiger charge is 2.67. The van der Waals surface area contributed by atoms with Gasteiger partial charge in [0, 0.05) is 5.69 Å². The van der Waals surface area contributed by atoms with Crippen molar-refractivity contribution in [2.24, 2.45) is 35.5 Å². The second-order valence-corrected chi connectivity index (χ2v) is 8.65. The van der Waals surface area contributed by atoms with Gasteiger partial charge in [0.1, 0.15) is 6.67 Å². The van der Waals surface area contributed by atoms with E-state index in [1.165, 1.54) is 12.1 Å². The van der Waals surface area contributed by atoms with Gasteiger partial charge in [0.15, 0.2) is 0 Å². The lowest BCUT2D eigenvalue weighted by Crippen LogP contribution is -2.49. The second kappa shape index (κ2) is 6.43. The Morgan fingerprint density at radius 1 is 1.03 bits per heavy atom. The molecule has 3 amide bonds. The lowest BCUT2D eigenvalue weighted by atomic mass is 9.63. The second-order valence-electron chi connectivity index (χ2n) is 8.65. The molecule has 0 aromatic heterocycles. The predicted molar refractivity (Wildman–Crippen MR) is 101 cm³/mol. The maximum atomic E-state index is 13.3. The molecule has 30 heavy (non-hydrogen) atoms. The highest BCUT2D eigenvalue weighted by Crippen LogP contribution is 2.65. The third kappa shape index (κ3) is 2.72. The molecule has 0 spiro atoms. The molecule has 2 bridgehead atoms. The van der Waals surface area contributed by atoms with Gasteiger partial charge in [-0.05, 0) is 54.2 Å². The Balaban J connectivity index is 1.45. The van der Waals surface area contributed by atoms with Gasteiger partial charge in [0.05, 0.1) is 11.8 Å². The molecule has 1 aromatic rings. The Morgan fingerprint density at radius 2 is 1.57 bits per heavy atom. The SMILES string of the molecule is CCc1ccc(N(CN2C(=O)[C@H]3[C@@H]4C=C[C@H]([C@H]5C[C@H]45)[C@@H]3C2=O)C(=O)C(F)(F)F)cc1. The molecule has 3 fully saturated rings. The normalized spacial score (nSPS) is 33.5. The van der Waals surface area contributed by atoms with Crippen molar-refractivity contribution in [3.63, 3.8) is 0 Å². The summed E-state index contributed by atoms with van der Waals surface area (Å²) in [6.45, 7) is 1.19. The number of hydrogen-bond acceptors (Lipinski definition) is 3. The number of rotatable bonds is 4. The van der Waals surface area contributed by atoms with Crippen LogP contribution in [0.15, 0.2) is 36.4 Å². The lowest BCUT2D eigenvalue weighted by molar-refractivity contribution is -0.171. The Labute approximate surface area is 171 Å². The van der Waals surface area contributed by atoms with Crippen LogP contribution in [0.5, 0.6) is 0 Å². The van der Waals surface area contributed by atoms with E-state index in [0.29, 0.717) is 23.2 Å². The van der Waals surface area contributed by atoms with Crippen LogP contribution in [0.4, 0.5) is 18.9 Å². The molecule has 8 heteroatoms. The number of nitrogens with zero attached hydrogens (tertiary/aromatic N) is 2. The fraction of sp³-hybridized carbons (Fsp3) is 0.500. The smallest absolute Gasteiger partial charge is 0.286 e. The summed E-state index contributed by atoms with van der Waals surface area (Å²) >= 11 is 0. The topological polar surface area (TPSA) is 57.7 Å². The first-order valence-corrected chi connectivity index (χ1v) is 10.2. The molecule has 0 radical (unpaired) electrons. The van der Waals surface area contributed by atoms with Crippen molar-refractivity contribution in [3.8, 4) is 0 Å². The van der Waals surface area contributed by atoms with E-state index in [4.69, 9.17) is 0 Å². The number of imide groups is 1. The molecule has 1 heterocycles. The molecule has 1 aromatic carbocycles. The number of carbonyl (C=O) groups is 3. The molecule has 1 aliphatic heterocycles. The van der Waals surface area contributed by atoms with Crippen molar-refractivity contribution in [3.05, 3.63) is 42.0 Å². The van der Waals surface area contributed by atoms with Crippen molar-refractivity contribution >= 4 is 23.4 Å². The Hall–Kier alpha value is -2.64. The van der Waals surface area contributed by atoms with Crippen LogP contribution in [0.2, 0.25) is 0 Å². The van der Waals surface area contributed by atoms with Gasteiger partial charge in [-0.3, -0.25) is 24.2 Å². The average molecular weight is 418 g/mol. The van der Waals surface area contributed by atoms with E-state index in [-0.39, 0.29) is 17.5 Å². The number of carbonyl (C=O) groups excluding carboxylic acids is 3. The third-order valence-corrected chi connectivity index (χ3v) is 7.18. The average Bonchev–Trinajstić information content (AvgIpc) is 3.51. The standard InChI is InChI=1S/C22H21F3N2O3/c1-2-11-3-5-12(6-4-11)26(21(30)22(23,24)25)10-27-19(28)17-13-7-8-14(16-9-15(13)16)18(17)20(27)29/h3-8,13-18H,2,9-10H2,1H3/t13-,14-,15-,16-,17+,18+/m1/s1. The zero-order valence-electron chi connectivity index (χ0n) is 16.3. The number of hydrogen-bond donors (Lipinski definition) is 0. The summed E-state index contributed by atoms with van der Waals surface area (Å²) in [6.07, 6.45) is 0.564. The van der Waals surface area contributed by atoms with E-state index in [9.17, 15) is 27.6 Å². The van der Waals surface area contributed by atoms with Gasteiger partial charge >= 0.3 is 12.1 Å². The molecule has 0 unspecified atom stereocenters. The fourth-order valence-corrected chi connectivity index (χ4v) is 5.63. The van der Waals surface area contributed by atoms with E-state index in [1.54, 1.807) is 12.1 Å². The van der Waals surface area contributed by atoms with Gasteiger partial charge in [-0.15, -0.1) is 0 Å². The van der Waals surface area contributed by atoms with Crippen molar-refractivity contribution in [2.75, 3.05) is 11.6 Å². The van der Waals surface area contributed by atoms with Gasteiger partial charge in [-0.2, -0.15) is 13.2 Å². The maximum Gasteiger partial charge on any atom is 0.471 e. The van der Waals surface area contributed by atoms with Crippen LogP contribution < -0.4 is 4.90 Å². The number of alkyl halides is 3. The van der Waals surface area contributed by atoms with Crippen molar-refractivity contribution < 1.29 is 27.6 Å². The Kier molecular flexibility index (Phi) is 4.14. The van der Waals surface area contributed by atoms with Crippen LogP contribution in [-0.2, 0) is 20.8 Å². The van der Waals surface area contributed by atoms with Crippen molar-refractivity contribution in [1.82, 2.24) is 4.90 Å². The molecule has 6 atom stereocenters.